The molecule has 47 heavy (non-hydrogen) atoms. The number of allylic oxidation sites excluding steroid dienone is 1. The van der Waals surface area contributed by atoms with Gasteiger partial charge in [0.2, 0.25) is 0 Å². The molecule has 0 spiro atoms. The predicted molar refractivity (Wildman–Crippen MR) is 198 cm³/mol. The Morgan fingerprint density at radius 1 is 1.06 bits per heavy atom. The van der Waals surface area contributed by atoms with E-state index in [0.717, 1.165) is 11.3 Å². The number of ether oxygens (including phenoxy) is 6. The molecule has 0 amide bonds. The fourth-order valence-electron chi connectivity index (χ4n) is 5.55. The minimum atomic E-state index is -2.07. The fourth-order valence-corrected chi connectivity index (χ4v) is 7.57. The lowest BCUT2D eigenvalue weighted by Crippen LogP contribution is -2.51. The molecule has 1 saturated heterocycles. The maximum Gasteiger partial charge on any atom is 0.311 e. The minimum absolute atomic E-state index is 0.0530. The highest BCUT2D eigenvalue weighted by Gasteiger charge is 2.43. The molecule has 1 aromatic carbocycles. The van der Waals surface area contributed by atoms with Crippen molar-refractivity contribution in [1.82, 2.24) is 0 Å². The summed E-state index contributed by atoms with van der Waals surface area (Å²) in [4.78, 5) is 12.7. The van der Waals surface area contributed by atoms with Crippen LogP contribution < -0.4 is 4.74 Å². The molecule has 2 rings (SSSR count). The van der Waals surface area contributed by atoms with E-state index >= 15 is 0 Å². The maximum atomic E-state index is 12.7. The quantitative estimate of drug-likeness (QED) is 0.0580. The topological polar surface area (TPSA) is 81.7 Å². The van der Waals surface area contributed by atoms with Crippen LogP contribution in [-0.2, 0) is 39.3 Å². The van der Waals surface area contributed by atoms with Gasteiger partial charge in [-0.05, 0) is 82.8 Å². The first-order valence-electron chi connectivity index (χ1n) is 16.6. The van der Waals surface area contributed by atoms with Crippen LogP contribution in [0.25, 0.3) is 0 Å². The van der Waals surface area contributed by atoms with Crippen molar-refractivity contribution in [3.8, 4) is 17.6 Å². The van der Waals surface area contributed by atoms with Crippen molar-refractivity contribution < 1.29 is 37.6 Å². The van der Waals surface area contributed by atoms with Crippen LogP contribution in [0.5, 0.6) is 5.75 Å². The smallest absolute Gasteiger partial charge is 0.311 e. The largest absolute Gasteiger partial charge is 0.497 e. The van der Waals surface area contributed by atoms with Gasteiger partial charge in [0, 0.05) is 37.7 Å². The van der Waals surface area contributed by atoms with Gasteiger partial charge in [0.05, 0.1) is 38.4 Å². The van der Waals surface area contributed by atoms with Crippen LogP contribution in [-0.4, -0.2) is 73.1 Å². The van der Waals surface area contributed by atoms with E-state index in [1.807, 2.05) is 38.1 Å². The van der Waals surface area contributed by atoms with Crippen LogP contribution in [0.4, 0.5) is 0 Å². The Kier molecular flexibility index (Phi) is 16.9. The Morgan fingerprint density at radius 2 is 1.70 bits per heavy atom. The lowest BCUT2D eigenvalue weighted by molar-refractivity contribution is -0.278. The molecule has 0 aromatic heterocycles. The number of hydrogen-bond acceptors (Lipinski definition) is 8. The van der Waals surface area contributed by atoms with E-state index in [-0.39, 0.29) is 47.8 Å². The molecule has 266 valence electrons. The summed E-state index contributed by atoms with van der Waals surface area (Å²) in [6, 6.07) is 7.82. The highest BCUT2D eigenvalue weighted by Crippen LogP contribution is 2.40. The van der Waals surface area contributed by atoms with E-state index in [4.69, 9.17) is 32.8 Å². The SMILES string of the molecule is COCO[C@H](C#C[C@H](C)[C@H](O[Si](C)(C)C(C)(C)C)[C@@H](C)/C=C(/C)I)C[C@@H]1O[C@@H](Cc2ccc(OC)cc2)O[C@H]([C@@H](C)C(=O)OC)[C@H]1C. The molecule has 0 N–H and O–H groups in total. The normalized spacial score (nSPS) is 23.9. The number of halogens is 1. The van der Waals surface area contributed by atoms with Crippen molar-refractivity contribution in [3.63, 3.8) is 0 Å². The maximum absolute atomic E-state index is 12.7. The molecular formula is C37H59IO8Si. The summed E-state index contributed by atoms with van der Waals surface area (Å²) < 4.78 is 43.1. The van der Waals surface area contributed by atoms with E-state index in [9.17, 15) is 4.79 Å². The second kappa shape index (κ2) is 19.1. The zero-order valence-electron chi connectivity index (χ0n) is 30.8. The zero-order valence-corrected chi connectivity index (χ0v) is 34.0. The third kappa shape index (κ3) is 12.7. The van der Waals surface area contributed by atoms with Crippen LogP contribution in [0, 0.1) is 35.5 Å². The lowest BCUT2D eigenvalue weighted by atomic mass is 9.85. The fraction of sp³-hybridized carbons (Fsp3) is 0.703. The molecule has 10 heteroatoms. The third-order valence-electron chi connectivity index (χ3n) is 9.41. The van der Waals surface area contributed by atoms with Gasteiger partial charge in [-0.2, -0.15) is 0 Å². The first kappa shape index (κ1) is 41.7. The van der Waals surface area contributed by atoms with Crippen LogP contribution >= 0.6 is 22.6 Å². The monoisotopic (exact) mass is 786 g/mol. The van der Waals surface area contributed by atoms with Gasteiger partial charge >= 0.3 is 5.97 Å². The van der Waals surface area contributed by atoms with E-state index in [1.54, 1.807) is 14.2 Å². The number of carbonyl (C=O) groups is 1. The molecule has 1 aliphatic rings. The van der Waals surface area contributed by atoms with Crippen molar-refractivity contribution in [2.75, 3.05) is 28.1 Å². The van der Waals surface area contributed by atoms with E-state index in [0.29, 0.717) is 12.8 Å². The highest BCUT2D eigenvalue weighted by molar-refractivity contribution is 14.1. The van der Waals surface area contributed by atoms with E-state index < -0.39 is 32.7 Å². The predicted octanol–water partition coefficient (Wildman–Crippen LogP) is 8.18. The lowest BCUT2D eigenvalue weighted by Gasteiger charge is -2.43. The molecule has 0 aliphatic carbocycles. The number of hydrogen-bond donors (Lipinski definition) is 0. The summed E-state index contributed by atoms with van der Waals surface area (Å²) in [7, 11) is 2.57. The van der Waals surface area contributed by atoms with Gasteiger partial charge in [0.1, 0.15) is 18.6 Å². The minimum Gasteiger partial charge on any atom is -0.497 e. The summed E-state index contributed by atoms with van der Waals surface area (Å²) in [6.07, 6.45) is 1.44. The summed E-state index contributed by atoms with van der Waals surface area (Å²) in [5, 5.41) is 0.0715. The van der Waals surface area contributed by atoms with Crippen molar-refractivity contribution in [2.24, 2.45) is 23.7 Å². The first-order chi connectivity index (χ1) is 21.9. The van der Waals surface area contributed by atoms with Crippen molar-refractivity contribution >= 4 is 36.9 Å². The summed E-state index contributed by atoms with van der Waals surface area (Å²) in [5.74, 6) is 6.92. The molecule has 8 nitrogen and oxygen atoms in total. The van der Waals surface area contributed by atoms with E-state index in [1.165, 1.54) is 10.7 Å². The van der Waals surface area contributed by atoms with Gasteiger partial charge in [-0.15, -0.1) is 0 Å². The van der Waals surface area contributed by atoms with Gasteiger partial charge in [0.15, 0.2) is 14.6 Å². The Bertz CT molecular complexity index is 1200. The van der Waals surface area contributed by atoms with Gasteiger partial charge < -0.3 is 32.8 Å². The molecule has 0 radical (unpaired) electrons. The molecule has 0 bridgehead atoms. The van der Waals surface area contributed by atoms with Gasteiger partial charge in [-0.3, -0.25) is 4.79 Å². The number of rotatable bonds is 15. The average molecular weight is 787 g/mol. The number of carbonyl (C=O) groups excluding carboxylic acids is 1. The van der Waals surface area contributed by atoms with Gasteiger partial charge in [-0.1, -0.05) is 64.7 Å². The highest BCUT2D eigenvalue weighted by atomic mass is 127. The Labute approximate surface area is 299 Å². The van der Waals surface area contributed by atoms with Gasteiger partial charge in [-0.25, -0.2) is 0 Å². The molecule has 1 fully saturated rings. The second-order valence-electron chi connectivity index (χ2n) is 14.3. The summed E-state index contributed by atoms with van der Waals surface area (Å²) in [5.41, 5.74) is 1.03. The van der Waals surface area contributed by atoms with Crippen molar-refractivity contribution in [2.45, 2.75) is 117 Å². The van der Waals surface area contributed by atoms with Crippen LogP contribution in [0.1, 0.15) is 67.4 Å². The standard InChI is InChI=1S/C37H59IO8Si/c1-24(34(25(2)20-26(3)38)46-47(12,13)37(6,7)8)14-17-31(43-23-40-9)22-32-27(4)35(28(5)36(39)42-11)45-33(44-32)21-29-15-18-30(41-10)19-16-29/h15-16,18-20,24-25,27-28,31-35H,21-23H2,1-13H3/b26-20-/t24-,25-,27-,28+,31+,32-,33+,34-,35-/m0/s1. The Hall–Kier alpha value is -1.46. The van der Waals surface area contributed by atoms with Crippen LogP contribution in [0.2, 0.25) is 18.1 Å². The molecule has 1 heterocycles. The average Bonchev–Trinajstić information content (AvgIpc) is 3.00. The van der Waals surface area contributed by atoms with Crippen molar-refractivity contribution in [1.29, 1.82) is 0 Å². The van der Waals surface area contributed by atoms with Gasteiger partial charge in [0.25, 0.3) is 0 Å². The molecule has 1 aromatic rings. The molecule has 0 saturated carbocycles. The Balaban J connectivity index is 2.40. The second-order valence-corrected chi connectivity index (χ2v) is 20.7. The van der Waals surface area contributed by atoms with Crippen molar-refractivity contribution in [3.05, 3.63) is 39.5 Å². The van der Waals surface area contributed by atoms with Crippen LogP contribution in [0.3, 0.4) is 0 Å². The molecular weight excluding hydrogens is 727 g/mol. The third-order valence-corrected chi connectivity index (χ3v) is 14.2. The number of benzene rings is 1. The molecule has 0 unspecified atom stereocenters. The summed E-state index contributed by atoms with van der Waals surface area (Å²) >= 11 is 2.36. The number of esters is 1. The Morgan fingerprint density at radius 3 is 2.23 bits per heavy atom. The zero-order chi connectivity index (χ0) is 35.5. The van der Waals surface area contributed by atoms with Crippen LogP contribution in [0.15, 0.2) is 33.9 Å². The number of methoxy groups -OCH3 is 3. The molecule has 9 atom stereocenters. The molecule has 1 aliphatic heterocycles. The first-order valence-corrected chi connectivity index (χ1v) is 20.6. The summed E-state index contributed by atoms with van der Waals surface area (Å²) in [6.45, 7) is 21.8. The van der Waals surface area contributed by atoms with E-state index in [2.05, 4.69) is 95.1 Å².